The molecule has 1 amide bonds. The SMILES string of the molecule is CCCCOc1ccc(C(=O)OCc2csc(N(CC)C(C)=O)n2)cc1OCC. The molecule has 8 heteroatoms. The number of benzene rings is 1. The summed E-state index contributed by atoms with van der Waals surface area (Å²) in [5.74, 6) is 0.591. The first-order chi connectivity index (χ1) is 14.0. The third kappa shape index (κ3) is 6.45. The summed E-state index contributed by atoms with van der Waals surface area (Å²) < 4.78 is 16.7. The fraction of sp³-hybridized carbons (Fsp3) is 0.476. The average molecular weight is 421 g/mol. The second-order valence-corrected chi connectivity index (χ2v) is 7.09. The topological polar surface area (TPSA) is 78.0 Å². The van der Waals surface area contributed by atoms with E-state index in [2.05, 4.69) is 11.9 Å². The zero-order valence-corrected chi connectivity index (χ0v) is 18.2. The Kier molecular flexibility index (Phi) is 8.92. The van der Waals surface area contributed by atoms with Gasteiger partial charge in [-0.25, -0.2) is 9.78 Å². The van der Waals surface area contributed by atoms with Gasteiger partial charge in [-0.05, 0) is 38.5 Å². The van der Waals surface area contributed by atoms with E-state index in [1.54, 1.807) is 28.5 Å². The summed E-state index contributed by atoms with van der Waals surface area (Å²) in [5.41, 5.74) is 0.980. The minimum atomic E-state index is -0.473. The standard InChI is InChI=1S/C21H28N2O5S/c1-5-8-11-27-18-10-9-16(12-19(18)26-7-3)20(25)28-13-17-14-29-21(22-17)23(6-2)15(4)24/h9-10,12,14H,5-8,11,13H2,1-4H3. The first kappa shape index (κ1) is 22.7. The van der Waals surface area contributed by atoms with Gasteiger partial charge in [-0.1, -0.05) is 13.3 Å². The Hall–Kier alpha value is -2.61. The van der Waals surface area contributed by atoms with Crippen LogP contribution in [0.15, 0.2) is 23.6 Å². The van der Waals surface area contributed by atoms with E-state index in [-0.39, 0.29) is 12.5 Å². The Bertz CT molecular complexity index is 821. The lowest BCUT2D eigenvalue weighted by atomic mass is 10.2. The number of carbonyl (C=O) groups excluding carboxylic acids is 2. The summed E-state index contributed by atoms with van der Waals surface area (Å²) in [5, 5.41) is 2.38. The van der Waals surface area contributed by atoms with E-state index < -0.39 is 5.97 Å². The highest BCUT2D eigenvalue weighted by Gasteiger charge is 2.16. The Morgan fingerprint density at radius 2 is 1.93 bits per heavy atom. The Morgan fingerprint density at radius 3 is 2.59 bits per heavy atom. The van der Waals surface area contributed by atoms with Gasteiger partial charge in [-0.15, -0.1) is 11.3 Å². The molecule has 29 heavy (non-hydrogen) atoms. The Labute approximate surface area is 175 Å². The lowest BCUT2D eigenvalue weighted by molar-refractivity contribution is -0.116. The largest absolute Gasteiger partial charge is 0.490 e. The number of rotatable bonds is 11. The van der Waals surface area contributed by atoms with Crippen molar-refractivity contribution in [1.82, 2.24) is 4.98 Å². The highest BCUT2D eigenvalue weighted by atomic mass is 32.1. The summed E-state index contributed by atoms with van der Waals surface area (Å²) >= 11 is 1.34. The minimum Gasteiger partial charge on any atom is -0.490 e. The number of nitrogens with zero attached hydrogens (tertiary/aromatic N) is 2. The molecular formula is C21H28N2O5S. The van der Waals surface area contributed by atoms with E-state index in [0.717, 1.165) is 12.8 Å². The minimum absolute atomic E-state index is 0.0313. The van der Waals surface area contributed by atoms with Crippen molar-refractivity contribution >= 4 is 28.3 Å². The van der Waals surface area contributed by atoms with E-state index in [4.69, 9.17) is 14.2 Å². The second kappa shape index (κ2) is 11.4. The van der Waals surface area contributed by atoms with Crippen molar-refractivity contribution in [1.29, 1.82) is 0 Å². The van der Waals surface area contributed by atoms with Crippen LogP contribution in [-0.4, -0.2) is 36.6 Å². The van der Waals surface area contributed by atoms with Gasteiger partial charge in [-0.3, -0.25) is 9.69 Å². The molecule has 1 heterocycles. The van der Waals surface area contributed by atoms with Crippen molar-refractivity contribution in [3.05, 3.63) is 34.8 Å². The van der Waals surface area contributed by atoms with Crippen molar-refractivity contribution < 1.29 is 23.8 Å². The molecular weight excluding hydrogens is 392 g/mol. The summed E-state index contributed by atoms with van der Waals surface area (Å²) in [7, 11) is 0. The van der Waals surface area contributed by atoms with E-state index >= 15 is 0 Å². The molecule has 0 aliphatic carbocycles. The fourth-order valence-electron chi connectivity index (χ4n) is 2.55. The van der Waals surface area contributed by atoms with E-state index in [0.29, 0.717) is 47.6 Å². The van der Waals surface area contributed by atoms with Crippen LogP contribution < -0.4 is 14.4 Å². The Balaban J connectivity index is 2.02. The molecule has 158 valence electrons. The molecule has 0 spiro atoms. The van der Waals surface area contributed by atoms with Crippen molar-refractivity contribution in [3.63, 3.8) is 0 Å². The molecule has 0 saturated carbocycles. The van der Waals surface area contributed by atoms with Crippen molar-refractivity contribution in [2.24, 2.45) is 0 Å². The number of amides is 1. The number of unbranched alkanes of at least 4 members (excludes halogenated alkanes) is 1. The molecule has 1 aromatic carbocycles. The van der Waals surface area contributed by atoms with Gasteiger partial charge in [-0.2, -0.15) is 0 Å². The maximum Gasteiger partial charge on any atom is 0.338 e. The second-order valence-electron chi connectivity index (χ2n) is 6.26. The van der Waals surface area contributed by atoms with Gasteiger partial charge in [0.2, 0.25) is 5.91 Å². The monoisotopic (exact) mass is 420 g/mol. The van der Waals surface area contributed by atoms with Crippen molar-refractivity contribution in [2.75, 3.05) is 24.7 Å². The highest BCUT2D eigenvalue weighted by Crippen LogP contribution is 2.29. The number of ether oxygens (including phenoxy) is 3. The molecule has 1 aromatic heterocycles. The number of thiazole rings is 1. The predicted octanol–water partition coefficient (Wildman–Crippen LogP) is 4.45. The third-order valence-corrected chi connectivity index (χ3v) is 4.97. The zero-order valence-electron chi connectivity index (χ0n) is 17.4. The number of carbonyl (C=O) groups is 2. The van der Waals surface area contributed by atoms with Gasteiger partial charge in [0, 0.05) is 18.8 Å². The molecule has 0 aliphatic rings. The number of aromatic nitrogens is 1. The number of anilines is 1. The van der Waals surface area contributed by atoms with Crippen LogP contribution in [0.25, 0.3) is 0 Å². The highest BCUT2D eigenvalue weighted by molar-refractivity contribution is 7.14. The summed E-state index contributed by atoms with van der Waals surface area (Å²) in [6.07, 6.45) is 1.99. The molecule has 0 fully saturated rings. The Morgan fingerprint density at radius 1 is 1.14 bits per heavy atom. The molecule has 0 bridgehead atoms. The molecule has 7 nitrogen and oxygen atoms in total. The molecule has 0 aliphatic heterocycles. The zero-order chi connectivity index (χ0) is 21.2. The quantitative estimate of drug-likeness (QED) is 0.395. The lowest BCUT2D eigenvalue weighted by Crippen LogP contribution is -2.27. The molecule has 0 saturated heterocycles. The van der Waals surface area contributed by atoms with E-state index in [9.17, 15) is 9.59 Å². The van der Waals surface area contributed by atoms with E-state index in [1.165, 1.54) is 18.3 Å². The van der Waals surface area contributed by atoms with Gasteiger partial charge >= 0.3 is 5.97 Å². The lowest BCUT2D eigenvalue weighted by Gasteiger charge is -2.14. The van der Waals surface area contributed by atoms with Gasteiger partial charge < -0.3 is 14.2 Å². The molecule has 0 unspecified atom stereocenters. The smallest absolute Gasteiger partial charge is 0.338 e. The number of hydrogen-bond donors (Lipinski definition) is 0. The summed E-state index contributed by atoms with van der Waals surface area (Å²) in [4.78, 5) is 30.0. The molecule has 0 atom stereocenters. The van der Waals surface area contributed by atoms with Gasteiger partial charge in [0.1, 0.15) is 6.61 Å². The van der Waals surface area contributed by atoms with Crippen LogP contribution in [-0.2, 0) is 16.1 Å². The molecule has 2 aromatic rings. The summed E-state index contributed by atoms with van der Waals surface area (Å²) in [6.45, 7) is 8.98. The van der Waals surface area contributed by atoms with Crippen molar-refractivity contribution in [3.8, 4) is 11.5 Å². The van der Waals surface area contributed by atoms with Crippen molar-refractivity contribution in [2.45, 2.75) is 47.1 Å². The van der Waals surface area contributed by atoms with Crippen LogP contribution in [0.3, 0.4) is 0 Å². The van der Waals surface area contributed by atoms with Gasteiger partial charge in [0.15, 0.2) is 16.6 Å². The maximum atomic E-state index is 12.4. The first-order valence-corrected chi connectivity index (χ1v) is 10.7. The predicted molar refractivity (Wildman–Crippen MR) is 113 cm³/mol. The number of esters is 1. The van der Waals surface area contributed by atoms with Crippen LogP contribution >= 0.6 is 11.3 Å². The van der Waals surface area contributed by atoms with Gasteiger partial charge in [0.05, 0.1) is 24.5 Å². The van der Waals surface area contributed by atoms with Crippen LogP contribution in [0.5, 0.6) is 11.5 Å². The van der Waals surface area contributed by atoms with Crippen LogP contribution in [0.2, 0.25) is 0 Å². The first-order valence-electron chi connectivity index (χ1n) is 9.79. The normalized spacial score (nSPS) is 10.5. The van der Waals surface area contributed by atoms with Crippen LogP contribution in [0, 0.1) is 0 Å². The molecule has 0 N–H and O–H groups in total. The fourth-order valence-corrected chi connectivity index (χ4v) is 3.47. The van der Waals surface area contributed by atoms with Crippen LogP contribution in [0.4, 0.5) is 5.13 Å². The third-order valence-electron chi connectivity index (χ3n) is 4.05. The van der Waals surface area contributed by atoms with Crippen LogP contribution in [0.1, 0.15) is 56.6 Å². The van der Waals surface area contributed by atoms with E-state index in [1.807, 2.05) is 13.8 Å². The average Bonchev–Trinajstić information content (AvgIpc) is 3.16. The molecule has 0 radical (unpaired) electrons. The summed E-state index contributed by atoms with van der Waals surface area (Å²) in [6, 6.07) is 5.02. The maximum absolute atomic E-state index is 12.4. The van der Waals surface area contributed by atoms with Gasteiger partial charge in [0.25, 0.3) is 0 Å². The molecule has 2 rings (SSSR count). The number of hydrogen-bond acceptors (Lipinski definition) is 7.